The van der Waals surface area contributed by atoms with Crippen LogP contribution in [0.2, 0.25) is 0 Å². The van der Waals surface area contributed by atoms with Crippen molar-refractivity contribution < 1.29 is 32.6 Å². The van der Waals surface area contributed by atoms with Crippen molar-refractivity contribution in [3.63, 3.8) is 0 Å². The number of nitrogens with one attached hydrogen (secondary N) is 1. The van der Waals surface area contributed by atoms with Gasteiger partial charge in [-0.15, -0.1) is 0 Å². The lowest BCUT2D eigenvalue weighted by Crippen LogP contribution is -2.32. The van der Waals surface area contributed by atoms with E-state index < -0.39 is 36.2 Å². The van der Waals surface area contributed by atoms with Gasteiger partial charge in [0, 0.05) is 36.1 Å². The molecule has 0 bridgehead atoms. The van der Waals surface area contributed by atoms with Gasteiger partial charge in [-0.2, -0.15) is 13.2 Å². The molecule has 2 heterocycles. The summed E-state index contributed by atoms with van der Waals surface area (Å²) in [4.78, 5) is 17.9. The van der Waals surface area contributed by atoms with Gasteiger partial charge in [0.25, 0.3) is 5.91 Å². The van der Waals surface area contributed by atoms with E-state index in [9.17, 15) is 27.5 Å². The summed E-state index contributed by atoms with van der Waals surface area (Å²) in [5.41, 5.74) is -0.312. The number of pyridine rings is 1. The van der Waals surface area contributed by atoms with Crippen molar-refractivity contribution in [1.82, 2.24) is 4.98 Å². The second-order valence-electron chi connectivity index (χ2n) is 6.73. The lowest BCUT2D eigenvalue weighted by atomic mass is 10.1. The maximum Gasteiger partial charge on any atom is 0.416 e. The number of rotatable bonds is 5. The van der Waals surface area contributed by atoms with Gasteiger partial charge in [-0.25, -0.2) is 9.37 Å². The van der Waals surface area contributed by atoms with Gasteiger partial charge in [0.2, 0.25) is 0 Å². The number of carbonyl (C=O) groups is 1. The van der Waals surface area contributed by atoms with Gasteiger partial charge in [-0.1, -0.05) is 12.1 Å². The number of hydrogen-bond acceptors (Lipinski definition) is 5. The molecular weight excluding hydrogens is 406 g/mol. The van der Waals surface area contributed by atoms with Crippen LogP contribution in [-0.4, -0.2) is 40.8 Å². The lowest BCUT2D eigenvalue weighted by Gasteiger charge is -2.27. The van der Waals surface area contributed by atoms with Crippen LogP contribution in [0, 0.1) is 5.82 Å². The molecule has 2 aromatic rings. The van der Waals surface area contributed by atoms with Crippen LogP contribution in [0.25, 0.3) is 0 Å². The first-order valence-corrected chi connectivity index (χ1v) is 9.06. The van der Waals surface area contributed by atoms with Crippen molar-refractivity contribution in [3.05, 3.63) is 65.1 Å². The van der Waals surface area contributed by atoms with Crippen molar-refractivity contribution in [2.75, 3.05) is 29.9 Å². The zero-order chi connectivity index (χ0) is 21.9. The number of aliphatic hydroxyl groups is 2. The van der Waals surface area contributed by atoms with Gasteiger partial charge in [-0.3, -0.25) is 4.79 Å². The number of halogens is 4. The Morgan fingerprint density at radius 2 is 2.07 bits per heavy atom. The van der Waals surface area contributed by atoms with E-state index in [4.69, 9.17) is 5.11 Å². The molecule has 6 nitrogen and oxygen atoms in total. The van der Waals surface area contributed by atoms with Crippen LogP contribution in [0.4, 0.5) is 29.1 Å². The summed E-state index contributed by atoms with van der Waals surface area (Å²) in [6.07, 6.45) is -2.67. The van der Waals surface area contributed by atoms with Crippen LogP contribution < -0.4 is 10.2 Å². The predicted octanol–water partition coefficient (Wildman–Crippen LogP) is 3.04. The van der Waals surface area contributed by atoms with Crippen LogP contribution in [0.3, 0.4) is 0 Å². The molecule has 0 unspecified atom stereocenters. The van der Waals surface area contributed by atoms with Crippen molar-refractivity contribution in [1.29, 1.82) is 0 Å². The maximum atomic E-state index is 14.3. The first kappa shape index (κ1) is 21.7. The van der Waals surface area contributed by atoms with E-state index in [0.717, 1.165) is 18.2 Å². The average molecular weight is 425 g/mol. The zero-order valence-corrected chi connectivity index (χ0v) is 15.7. The Hall–Kier alpha value is -2.98. The van der Waals surface area contributed by atoms with E-state index >= 15 is 0 Å². The molecule has 1 amide bonds. The third-order valence-electron chi connectivity index (χ3n) is 4.65. The zero-order valence-electron chi connectivity index (χ0n) is 15.7. The summed E-state index contributed by atoms with van der Waals surface area (Å²) in [6, 6.07) is 5.43. The highest BCUT2D eigenvalue weighted by Gasteiger charge is 2.30. The smallest absolute Gasteiger partial charge is 0.393 e. The Balaban J connectivity index is 1.67. The summed E-state index contributed by atoms with van der Waals surface area (Å²) in [5.74, 6) is -1.16. The minimum Gasteiger partial charge on any atom is -0.393 e. The quantitative estimate of drug-likeness (QED) is 0.642. The number of aromatic nitrogens is 1. The van der Waals surface area contributed by atoms with Crippen LogP contribution in [0.1, 0.15) is 23.7 Å². The highest BCUT2D eigenvalue weighted by Crippen LogP contribution is 2.31. The van der Waals surface area contributed by atoms with Crippen molar-refractivity contribution >= 4 is 17.4 Å². The van der Waals surface area contributed by atoms with E-state index in [1.165, 1.54) is 18.3 Å². The molecule has 1 atom stereocenters. The second kappa shape index (κ2) is 8.80. The first-order chi connectivity index (χ1) is 14.2. The number of nitrogens with zero attached hydrogens (tertiary/aromatic N) is 2. The van der Waals surface area contributed by atoms with Crippen LogP contribution in [0.5, 0.6) is 0 Å². The minimum atomic E-state index is -4.51. The standard InChI is InChI=1S/C20H19F4N3O3/c21-16-8-13(17(29)11-28)10-25-18(16)27-6-4-12(5-7-27)19(30)26-15-3-1-2-14(9-15)20(22,23)24/h1-4,8-10,17,28-29H,5-7,11H2,(H,26,30)/t17-/m1/s1. The lowest BCUT2D eigenvalue weighted by molar-refractivity contribution is -0.137. The molecule has 0 saturated heterocycles. The van der Waals surface area contributed by atoms with Crippen molar-refractivity contribution in [2.45, 2.75) is 18.7 Å². The molecule has 3 N–H and O–H groups in total. The van der Waals surface area contributed by atoms with Gasteiger partial charge in [-0.05, 0) is 30.7 Å². The summed E-state index contributed by atoms with van der Waals surface area (Å²) in [7, 11) is 0. The topological polar surface area (TPSA) is 85.7 Å². The Bertz CT molecular complexity index is 963. The van der Waals surface area contributed by atoms with Crippen molar-refractivity contribution in [2.24, 2.45) is 0 Å². The normalized spacial score (nSPS) is 15.5. The molecule has 160 valence electrons. The molecule has 0 spiro atoms. The minimum absolute atomic E-state index is 0.0314. The van der Waals surface area contributed by atoms with E-state index in [1.54, 1.807) is 11.0 Å². The number of benzene rings is 1. The Kier molecular flexibility index (Phi) is 6.37. The molecule has 10 heteroatoms. The molecule has 0 aliphatic carbocycles. The molecule has 1 aliphatic rings. The third-order valence-corrected chi connectivity index (χ3v) is 4.65. The number of alkyl halides is 3. The van der Waals surface area contributed by atoms with Crippen molar-refractivity contribution in [3.8, 4) is 0 Å². The van der Waals surface area contributed by atoms with E-state index in [2.05, 4.69) is 10.3 Å². The van der Waals surface area contributed by atoms with E-state index in [-0.39, 0.29) is 36.6 Å². The predicted molar refractivity (Wildman–Crippen MR) is 101 cm³/mol. The third kappa shape index (κ3) is 4.95. The Morgan fingerprint density at radius 3 is 2.67 bits per heavy atom. The van der Waals surface area contributed by atoms with Gasteiger partial charge in [0.1, 0.15) is 6.10 Å². The molecule has 0 saturated carbocycles. The molecule has 3 rings (SSSR count). The van der Waals surface area contributed by atoms with E-state index in [1.807, 2.05) is 0 Å². The number of hydrogen-bond donors (Lipinski definition) is 3. The van der Waals surface area contributed by atoms with Gasteiger partial charge >= 0.3 is 6.18 Å². The van der Waals surface area contributed by atoms with Gasteiger partial charge in [0.05, 0.1) is 12.2 Å². The summed E-state index contributed by atoms with van der Waals surface area (Å²) >= 11 is 0. The average Bonchev–Trinajstić information content (AvgIpc) is 2.73. The van der Waals surface area contributed by atoms with Crippen LogP contribution in [0.15, 0.2) is 48.2 Å². The van der Waals surface area contributed by atoms with E-state index in [0.29, 0.717) is 5.57 Å². The highest BCUT2D eigenvalue weighted by molar-refractivity contribution is 6.04. The maximum absolute atomic E-state index is 14.3. The fraction of sp³-hybridized carbons (Fsp3) is 0.300. The number of anilines is 2. The SMILES string of the molecule is O=C(Nc1cccc(C(F)(F)F)c1)C1=CCN(c2ncc([C@H](O)CO)cc2F)CC1. The first-order valence-electron chi connectivity index (χ1n) is 9.06. The molecule has 1 aromatic carbocycles. The fourth-order valence-electron chi connectivity index (χ4n) is 3.02. The van der Waals surface area contributed by atoms with Crippen LogP contribution in [-0.2, 0) is 11.0 Å². The number of carbonyl (C=O) groups excluding carboxylic acids is 1. The molecule has 1 aromatic heterocycles. The molecule has 0 radical (unpaired) electrons. The summed E-state index contributed by atoms with van der Waals surface area (Å²) < 4.78 is 52.7. The Morgan fingerprint density at radius 1 is 1.30 bits per heavy atom. The fourth-order valence-corrected chi connectivity index (χ4v) is 3.02. The highest BCUT2D eigenvalue weighted by atomic mass is 19.4. The summed E-state index contributed by atoms with van der Waals surface area (Å²) in [5, 5.41) is 20.9. The monoisotopic (exact) mass is 425 g/mol. The largest absolute Gasteiger partial charge is 0.416 e. The Labute approximate surface area is 169 Å². The number of aliphatic hydroxyl groups excluding tert-OH is 2. The van der Waals surface area contributed by atoms with Crippen LogP contribution >= 0.6 is 0 Å². The van der Waals surface area contributed by atoms with Gasteiger partial charge in [0.15, 0.2) is 11.6 Å². The van der Waals surface area contributed by atoms with Gasteiger partial charge < -0.3 is 20.4 Å². The molecule has 0 fully saturated rings. The molecular formula is C20H19F4N3O3. The molecule has 1 aliphatic heterocycles. The second-order valence-corrected chi connectivity index (χ2v) is 6.73. The molecule has 30 heavy (non-hydrogen) atoms. The number of amides is 1. The summed E-state index contributed by atoms with van der Waals surface area (Å²) in [6.45, 7) is -0.109.